The van der Waals surface area contributed by atoms with Crippen molar-refractivity contribution in [3.8, 4) is 6.07 Å². The Morgan fingerprint density at radius 3 is 2.46 bits per heavy atom. The molecule has 1 unspecified atom stereocenters. The molecule has 0 fully saturated rings. The number of amides is 1. The number of anilines is 1. The summed E-state index contributed by atoms with van der Waals surface area (Å²) in [4.78, 5) is 13.5. The molecule has 0 aliphatic carbocycles. The fourth-order valence-electron chi connectivity index (χ4n) is 2.46. The molecule has 1 aliphatic heterocycles. The van der Waals surface area contributed by atoms with Crippen LogP contribution >= 0.6 is 11.6 Å². The molecule has 7 heteroatoms. The predicted molar refractivity (Wildman–Crippen MR) is 83.0 cm³/mol. The van der Waals surface area contributed by atoms with Crippen LogP contribution < -0.4 is 4.90 Å². The van der Waals surface area contributed by atoms with Crippen LogP contribution in [0.5, 0.6) is 0 Å². The minimum atomic E-state index is -1.70. The van der Waals surface area contributed by atoms with Gasteiger partial charge in [-0.25, -0.2) is 13.2 Å². The van der Waals surface area contributed by atoms with E-state index in [1.807, 2.05) is 6.07 Å². The lowest BCUT2D eigenvalue weighted by molar-refractivity contribution is 0.0983. The van der Waals surface area contributed by atoms with E-state index in [0.29, 0.717) is 5.02 Å². The van der Waals surface area contributed by atoms with Crippen molar-refractivity contribution in [2.45, 2.75) is 6.04 Å². The first kappa shape index (κ1) is 16.1. The summed E-state index contributed by atoms with van der Waals surface area (Å²) in [5.41, 5.74) is -0.367. The van der Waals surface area contributed by atoms with Gasteiger partial charge in [-0.2, -0.15) is 5.26 Å². The summed E-state index contributed by atoms with van der Waals surface area (Å²) in [5, 5.41) is 9.63. The number of hydrogen-bond acceptors (Lipinski definition) is 2. The van der Waals surface area contributed by atoms with Crippen molar-refractivity contribution >= 4 is 29.3 Å². The van der Waals surface area contributed by atoms with Crippen LogP contribution in [0, 0.1) is 28.8 Å². The Kier molecular flexibility index (Phi) is 4.04. The third kappa shape index (κ3) is 2.53. The van der Waals surface area contributed by atoms with Crippen LogP contribution in [-0.2, 0) is 0 Å². The number of nitriles is 1. The van der Waals surface area contributed by atoms with E-state index in [1.165, 1.54) is 36.4 Å². The number of nitrogens with zero attached hydrogens (tertiary/aromatic N) is 2. The monoisotopic (exact) mass is 348 g/mol. The van der Waals surface area contributed by atoms with Crippen molar-refractivity contribution in [3.63, 3.8) is 0 Å². The zero-order chi connectivity index (χ0) is 17.4. The van der Waals surface area contributed by atoms with E-state index >= 15 is 0 Å². The molecule has 0 bridgehead atoms. The largest absolute Gasteiger partial charge is 0.285 e. The second kappa shape index (κ2) is 6.02. The van der Waals surface area contributed by atoms with Crippen LogP contribution in [0.15, 0.2) is 36.4 Å². The van der Waals surface area contributed by atoms with Gasteiger partial charge in [-0.1, -0.05) is 17.7 Å². The quantitative estimate of drug-likeness (QED) is 0.720. The van der Waals surface area contributed by atoms with Gasteiger partial charge in [0.05, 0.1) is 11.8 Å². The van der Waals surface area contributed by atoms with Gasteiger partial charge in [0.2, 0.25) is 0 Å². The van der Waals surface area contributed by atoms with E-state index in [4.69, 9.17) is 11.6 Å². The molecule has 2 aromatic carbocycles. The van der Waals surface area contributed by atoms with E-state index in [-0.39, 0.29) is 11.1 Å². The summed E-state index contributed by atoms with van der Waals surface area (Å²) >= 11 is 5.76. The molecule has 24 heavy (non-hydrogen) atoms. The van der Waals surface area contributed by atoms with Crippen molar-refractivity contribution in [2.75, 3.05) is 4.90 Å². The molecule has 0 aromatic heterocycles. The van der Waals surface area contributed by atoms with Gasteiger partial charge in [-0.3, -0.25) is 9.69 Å². The number of carbonyl (C=O) groups is 1. The highest BCUT2D eigenvalue weighted by molar-refractivity contribution is 6.30. The van der Waals surface area contributed by atoms with Crippen LogP contribution in [0.2, 0.25) is 5.02 Å². The normalized spacial score (nSPS) is 15.8. The van der Waals surface area contributed by atoms with Crippen LogP contribution in [-0.4, -0.2) is 11.9 Å². The molecule has 0 N–H and O–H groups in total. The van der Waals surface area contributed by atoms with E-state index in [1.54, 1.807) is 0 Å². The van der Waals surface area contributed by atoms with Gasteiger partial charge in [0.25, 0.3) is 5.91 Å². The van der Waals surface area contributed by atoms with Gasteiger partial charge in [0.1, 0.15) is 6.04 Å². The van der Waals surface area contributed by atoms with Crippen LogP contribution in [0.4, 0.5) is 18.9 Å². The lowest BCUT2D eigenvalue weighted by atomic mass is 10.0. The fraction of sp³-hybridized carbons (Fsp3) is 0.0588. The molecule has 2 aromatic rings. The molecule has 120 valence electrons. The summed E-state index contributed by atoms with van der Waals surface area (Å²) in [6.45, 7) is 0. The molecule has 0 saturated heterocycles. The lowest BCUT2D eigenvalue weighted by Crippen LogP contribution is -2.41. The van der Waals surface area contributed by atoms with Crippen molar-refractivity contribution in [1.82, 2.24) is 0 Å². The Balaban J connectivity index is 2.18. The summed E-state index contributed by atoms with van der Waals surface area (Å²) in [5.74, 6) is -5.31. The topological polar surface area (TPSA) is 44.1 Å². The molecule has 1 amide bonds. The van der Waals surface area contributed by atoms with Gasteiger partial charge in [0, 0.05) is 16.1 Å². The van der Waals surface area contributed by atoms with Crippen molar-refractivity contribution in [2.24, 2.45) is 0 Å². The summed E-state index contributed by atoms with van der Waals surface area (Å²) in [6, 6.07) is 7.16. The fourth-order valence-corrected chi connectivity index (χ4v) is 2.58. The highest BCUT2D eigenvalue weighted by atomic mass is 35.5. The maximum Gasteiger partial charge on any atom is 0.259 e. The van der Waals surface area contributed by atoms with Gasteiger partial charge in [0.15, 0.2) is 17.5 Å². The minimum absolute atomic E-state index is 0.0276. The second-order valence-electron chi connectivity index (χ2n) is 5.04. The summed E-state index contributed by atoms with van der Waals surface area (Å²) in [6.07, 6.45) is 2.59. The molecule has 1 heterocycles. The molecule has 0 spiro atoms. The summed E-state index contributed by atoms with van der Waals surface area (Å²) < 4.78 is 41.3. The number of benzene rings is 2. The SMILES string of the molecule is N#CC1C=Cc2cc(F)c(F)c(F)c2N1C(=O)c1ccc(Cl)cc1. The number of halogens is 4. The Bertz CT molecular complexity index is 904. The number of carbonyl (C=O) groups excluding carboxylic acids is 1. The maximum absolute atomic E-state index is 14.3. The molecule has 0 saturated carbocycles. The van der Waals surface area contributed by atoms with E-state index < -0.39 is 35.1 Å². The first-order valence-electron chi connectivity index (χ1n) is 6.78. The van der Waals surface area contributed by atoms with Gasteiger partial charge < -0.3 is 0 Å². The number of fused-ring (bicyclic) bond motifs is 1. The molecule has 3 nitrogen and oxygen atoms in total. The zero-order valence-corrected chi connectivity index (χ0v) is 12.7. The van der Waals surface area contributed by atoms with Crippen LogP contribution in [0.1, 0.15) is 15.9 Å². The highest BCUT2D eigenvalue weighted by Gasteiger charge is 2.33. The third-order valence-corrected chi connectivity index (χ3v) is 3.84. The molecule has 3 rings (SSSR count). The molecule has 1 aliphatic rings. The van der Waals surface area contributed by atoms with E-state index in [2.05, 4.69) is 0 Å². The Labute approximate surface area is 140 Å². The van der Waals surface area contributed by atoms with Crippen LogP contribution in [0.25, 0.3) is 6.08 Å². The Hall–Kier alpha value is -2.78. The van der Waals surface area contributed by atoms with Gasteiger partial charge >= 0.3 is 0 Å². The Morgan fingerprint density at radius 2 is 1.83 bits per heavy atom. The summed E-state index contributed by atoms with van der Waals surface area (Å²) in [7, 11) is 0. The zero-order valence-electron chi connectivity index (χ0n) is 11.9. The molecule has 1 atom stereocenters. The molecular formula is C17H8ClF3N2O. The maximum atomic E-state index is 14.3. The predicted octanol–water partition coefficient (Wildman–Crippen LogP) is 4.32. The highest BCUT2D eigenvalue weighted by Crippen LogP contribution is 2.35. The second-order valence-corrected chi connectivity index (χ2v) is 5.48. The average molecular weight is 349 g/mol. The smallest absolute Gasteiger partial charge is 0.259 e. The third-order valence-electron chi connectivity index (χ3n) is 3.59. The van der Waals surface area contributed by atoms with Crippen molar-refractivity contribution in [1.29, 1.82) is 5.26 Å². The lowest BCUT2D eigenvalue weighted by Gasteiger charge is -2.30. The standard InChI is InChI=1S/C17H8ClF3N2O/c18-11-4-1-9(2-5-11)17(24)23-12(8-22)6-3-10-7-13(19)14(20)15(21)16(10)23/h1-7,12H. The van der Waals surface area contributed by atoms with Crippen LogP contribution in [0.3, 0.4) is 0 Å². The number of hydrogen-bond donors (Lipinski definition) is 0. The number of rotatable bonds is 1. The first-order chi connectivity index (χ1) is 11.4. The Morgan fingerprint density at radius 1 is 1.17 bits per heavy atom. The van der Waals surface area contributed by atoms with E-state index in [9.17, 15) is 23.2 Å². The van der Waals surface area contributed by atoms with Crippen molar-refractivity contribution < 1.29 is 18.0 Å². The average Bonchev–Trinajstić information content (AvgIpc) is 2.59. The molecular weight excluding hydrogens is 341 g/mol. The van der Waals surface area contributed by atoms with Gasteiger partial charge in [-0.05, 0) is 36.4 Å². The van der Waals surface area contributed by atoms with Crippen molar-refractivity contribution in [3.05, 3.63) is 70.0 Å². The minimum Gasteiger partial charge on any atom is -0.285 e. The van der Waals surface area contributed by atoms with E-state index in [0.717, 1.165) is 11.0 Å². The molecule has 0 radical (unpaired) electrons. The van der Waals surface area contributed by atoms with Gasteiger partial charge in [-0.15, -0.1) is 0 Å². The first-order valence-corrected chi connectivity index (χ1v) is 7.16.